The van der Waals surface area contributed by atoms with Crippen LogP contribution in [0.1, 0.15) is 21.7 Å². The number of aryl methyl sites for hydroxylation is 2. The fourth-order valence-electron chi connectivity index (χ4n) is 2.06. The molecule has 1 aromatic heterocycles. The van der Waals surface area contributed by atoms with E-state index in [1.54, 1.807) is 0 Å². The molecule has 16 heavy (non-hydrogen) atoms. The molecule has 0 aromatic carbocycles. The van der Waals surface area contributed by atoms with Crippen molar-refractivity contribution in [3.8, 4) is 0 Å². The van der Waals surface area contributed by atoms with Crippen molar-refractivity contribution in [3.63, 3.8) is 0 Å². The third kappa shape index (κ3) is 3.04. The van der Waals surface area contributed by atoms with Gasteiger partial charge in [-0.2, -0.15) is 0 Å². The minimum Gasteiger partial charge on any atom is -0.392 e. The summed E-state index contributed by atoms with van der Waals surface area (Å²) in [6.45, 7) is 6.94. The maximum absolute atomic E-state index is 9.37. The van der Waals surface area contributed by atoms with Crippen molar-refractivity contribution in [3.05, 3.63) is 21.4 Å². The van der Waals surface area contributed by atoms with Crippen LogP contribution in [0.4, 0.5) is 0 Å². The van der Waals surface area contributed by atoms with E-state index in [1.807, 2.05) is 11.3 Å². The molecule has 1 aromatic rings. The Balaban J connectivity index is 1.72. The maximum Gasteiger partial charge on any atom is 0.0680 e. The average molecular weight is 240 g/mol. The molecule has 1 aliphatic heterocycles. The van der Waals surface area contributed by atoms with E-state index in [4.69, 9.17) is 0 Å². The van der Waals surface area contributed by atoms with Gasteiger partial charge < -0.3 is 15.7 Å². The van der Waals surface area contributed by atoms with Gasteiger partial charge in [0.2, 0.25) is 0 Å². The molecule has 1 saturated heterocycles. The van der Waals surface area contributed by atoms with Gasteiger partial charge in [-0.15, -0.1) is 11.3 Å². The fraction of sp³-hybridized carbons (Fsp3) is 0.667. The molecule has 4 heteroatoms. The number of hydrogen-bond acceptors (Lipinski definition) is 4. The first-order chi connectivity index (χ1) is 7.65. The van der Waals surface area contributed by atoms with E-state index in [9.17, 15) is 5.11 Å². The van der Waals surface area contributed by atoms with Crippen LogP contribution >= 0.6 is 11.3 Å². The van der Waals surface area contributed by atoms with E-state index in [2.05, 4.69) is 30.5 Å². The summed E-state index contributed by atoms with van der Waals surface area (Å²) in [7, 11) is 0. The number of thiophene rings is 1. The summed E-state index contributed by atoms with van der Waals surface area (Å²) in [5.74, 6) is 0. The number of hydrogen-bond donors (Lipinski definition) is 3. The second-order valence-corrected chi connectivity index (χ2v) is 5.92. The first kappa shape index (κ1) is 12.0. The third-order valence-corrected chi connectivity index (χ3v) is 4.26. The zero-order valence-corrected chi connectivity index (χ0v) is 10.7. The number of rotatable bonds is 4. The highest BCUT2D eigenvalue weighted by Crippen LogP contribution is 2.20. The lowest BCUT2D eigenvalue weighted by atomic mass is 10.2. The standard InChI is InChI=1S/C12H20N2OS/c1-8-3-12(16-9(8)2)7-13-5-10-4-11(15)6-14-10/h3,10-11,13-15H,4-7H2,1-2H3. The number of β-amino-alcohol motifs (C(OH)–C–C–N with tert-alkyl or cyclic N) is 1. The number of nitrogens with one attached hydrogen (secondary N) is 2. The quantitative estimate of drug-likeness (QED) is 0.740. The minimum atomic E-state index is -0.155. The van der Waals surface area contributed by atoms with Gasteiger partial charge in [-0.25, -0.2) is 0 Å². The van der Waals surface area contributed by atoms with Crippen LogP contribution in [0, 0.1) is 13.8 Å². The van der Waals surface area contributed by atoms with Crippen molar-refractivity contribution in [2.45, 2.75) is 39.0 Å². The lowest BCUT2D eigenvalue weighted by molar-refractivity contribution is 0.193. The summed E-state index contributed by atoms with van der Waals surface area (Å²) >= 11 is 1.87. The van der Waals surface area contributed by atoms with E-state index in [-0.39, 0.29) is 6.10 Å². The van der Waals surface area contributed by atoms with Gasteiger partial charge >= 0.3 is 0 Å². The lowest BCUT2D eigenvalue weighted by Gasteiger charge is -2.10. The molecule has 2 heterocycles. The Morgan fingerprint density at radius 1 is 1.56 bits per heavy atom. The van der Waals surface area contributed by atoms with Gasteiger partial charge in [0, 0.05) is 35.4 Å². The Labute approximate surface area is 101 Å². The molecule has 90 valence electrons. The number of aliphatic hydroxyl groups excluding tert-OH is 1. The average Bonchev–Trinajstić information content (AvgIpc) is 2.75. The van der Waals surface area contributed by atoms with Crippen molar-refractivity contribution >= 4 is 11.3 Å². The molecule has 3 N–H and O–H groups in total. The van der Waals surface area contributed by atoms with Gasteiger partial charge in [-0.1, -0.05) is 0 Å². The molecule has 0 radical (unpaired) electrons. The van der Waals surface area contributed by atoms with Crippen LogP contribution in [0.2, 0.25) is 0 Å². The molecule has 0 spiro atoms. The molecule has 1 fully saturated rings. The third-order valence-electron chi connectivity index (χ3n) is 3.11. The van der Waals surface area contributed by atoms with Crippen LogP contribution in [0.5, 0.6) is 0 Å². The maximum atomic E-state index is 9.37. The molecular formula is C12H20N2OS. The monoisotopic (exact) mass is 240 g/mol. The van der Waals surface area contributed by atoms with Crippen LogP contribution in [0.25, 0.3) is 0 Å². The van der Waals surface area contributed by atoms with Crippen LogP contribution in [0.3, 0.4) is 0 Å². The topological polar surface area (TPSA) is 44.3 Å². The van der Waals surface area contributed by atoms with Crippen LogP contribution in [-0.2, 0) is 6.54 Å². The van der Waals surface area contributed by atoms with Crippen LogP contribution < -0.4 is 10.6 Å². The van der Waals surface area contributed by atoms with Crippen molar-refractivity contribution in [1.82, 2.24) is 10.6 Å². The Morgan fingerprint density at radius 3 is 2.94 bits per heavy atom. The van der Waals surface area contributed by atoms with E-state index >= 15 is 0 Å². The van der Waals surface area contributed by atoms with Crippen LogP contribution in [-0.4, -0.2) is 30.3 Å². The van der Waals surface area contributed by atoms with E-state index in [0.29, 0.717) is 6.04 Å². The zero-order valence-electron chi connectivity index (χ0n) is 9.92. The van der Waals surface area contributed by atoms with E-state index < -0.39 is 0 Å². The largest absolute Gasteiger partial charge is 0.392 e. The summed E-state index contributed by atoms with van der Waals surface area (Å²) in [6, 6.07) is 2.68. The Hall–Kier alpha value is -0.420. The minimum absolute atomic E-state index is 0.155. The van der Waals surface area contributed by atoms with E-state index in [0.717, 1.165) is 26.1 Å². The first-order valence-corrected chi connectivity index (χ1v) is 6.65. The van der Waals surface area contributed by atoms with Crippen molar-refractivity contribution in [2.75, 3.05) is 13.1 Å². The van der Waals surface area contributed by atoms with Gasteiger partial charge in [0.1, 0.15) is 0 Å². The molecule has 0 bridgehead atoms. The smallest absolute Gasteiger partial charge is 0.0680 e. The van der Waals surface area contributed by atoms with Gasteiger partial charge in [-0.05, 0) is 31.9 Å². The van der Waals surface area contributed by atoms with Gasteiger partial charge in [0.15, 0.2) is 0 Å². The number of aliphatic hydroxyl groups is 1. The lowest BCUT2D eigenvalue weighted by Crippen LogP contribution is -2.33. The molecule has 0 amide bonds. The summed E-state index contributed by atoms with van der Waals surface area (Å²) in [6.07, 6.45) is 0.716. The fourth-order valence-corrected chi connectivity index (χ4v) is 3.08. The van der Waals surface area contributed by atoms with Gasteiger partial charge in [0.25, 0.3) is 0 Å². The summed E-state index contributed by atoms with van der Waals surface area (Å²) in [5, 5.41) is 16.1. The second kappa shape index (κ2) is 5.27. The Kier molecular flexibility index (Phi) is 3.97. The molecular weight excluding hydrogens is 220 g/mol. The first-order valence-electron chi connectivity index (χ1n) is 5.83. The highest BCUT2D eigenvalue weighted by molar-refractivity contribution is 7.12. The van der Waals surface area contributed by atoms with Crippen molar-refractivity contribution in [2.24, 2.45) is 0 Å². The summed E-state index contributed by atoms with van der Waals surface area (Å²) in [4.78, 5) is 2.81. The van der Waals surface area contributed by atoms with Gasteiger partial charge in [-0.3, -0.25) is 0 Å². The molecule has 0 aliphatic carbocycles. The van der Waals surface area contributed by atoms with Crippen LogP contribution in [0.15, 0.2) is 6.07 Å². The zero-order chi connectivity index (χ0) is 11.5. The predicted octanol–water partition coefficient (Wildman–Crippen LogP) is 1.18. The Morgan fingerprint density at radius 2 is 2.38 bits per heavy atom. The molecule has 2 unspecified atom stereocenters. The highest BCUT2D eigenvalue weighted by Gasteiger charge is 2.21. The Bertz CT molecular complexity index is 331. The predicted molar refractivity (Wildman–Crippen MR) is 67.9 cm³/mol. The summed E-state index contributed by atoms with van der Waals surface area (Å²) in [5.41, 5.74) is 1.39. The summed E-state index contributed by atoms with van der Waals surface area (Å²) < 4.78 is 0. The SMILES string of the molecule is Cc1cc(CNCC2CC(O)CN2)sc1C. The molecule has 0 saturated carbocycles. The molecule has 2 rings (SSSR count). The van der Waals surface area contributed by atoms with Crippen molar-refractivity contribution < 1.29 is 5.11 Å². The molecule has 3 nitrogen and oxygen atoms in total. The highest BCUT2D eigenvalue weighted by atomic mass is 32.1. The van der Waals surface area contributed by atoms with Crippen molar-refractivity contribution in [1.29, 1.82) is 0 Å². The second-order valence-electron chi connectivity index (χ2n) is 4.58. The normalized spacial score (nSPS) is 25.2. The van der Waals surface area contributed by atoms with E-state index in [1.165, 1.54) is 15.3 Å². The molecule has 2 atom stereocenters. The molecule has 1 aliphatic rings. The van der Waals surface area contributed by atoms with Gasteiger partial charge in [0.05, 0.1) is 6.10 Å².